The molecule has 0 aromatic carbocycles. The lowest BCUT2D eigenvalue weighted by atomic mass is 9.88. The van der Waals surface area contributed by atoms with Gasteiger partial charge in [-0.3, -0.25) is 0 Å². The molecule has 1 nitrogen and oxygen atoms in total. The van der Waals surface area contributed by atoms with Crippen LogP contribution in [0.15, 0.2) is 12.2 Å². The zero-order valence-corrected chi connectivity index (χ0v) is 6.01. The van der Waals surface area contributed by atoms with Gasteiger partial charge in [0.25, 0.3) is 0 Å². The van der Waals surface area contributed by atoms with Crippen LogP contribution < -0.4 is 5.73 Å². The highest BCUT2D eigenvalue weighted by atomic mass is 14.6. The Labute approximate surface area is 56.9 Å². The topological polar surface area (TPSA) is 26.0 Å². The maximum Gasteiger partial charge on any atom is 0.0105 e. The van der Waals surface area contributed by atoms with E-state index in [0.717, 1.165) is 12.3 Å². The largest absolute Gasteiger partial charge is 0.327 e. The Kier molecular flexibility index (Phi) is 2.29. The summed E-state index contributed by atoms with van der Waals surface area (Å²) in [5.74, 6) is 0.745. The van der Waals surface area contributed by atoms with Crippen LogP contribution in [0, 0.1) is 5.92 Å². The highest BCUT2D eigenvalue weighted by molar-refractivity contribution is 4.95. The highest BCUT2D eigenvalue weighted by Gasteiger charge is 2.15. The normalized spacial score (nSPS) is 34.9. The molecule has 2 N–H and O–H groups in total. The van der Waals surface area contributed by atoms with Crippen LogP contribution in [0.4, 0.5) is 0 Å². The van der Waals surface area contributed by atoms with E-state index >= 15 is 0 Å². The molecule has 1 heteroatoms. The predicted octanol–water partition coefficient (Wildman–Crippen LogP) is 1.69. The number of rotatable bonds is 1. The summed E-state index contributed by atoms with van der Waals surface area (Å²) in [5, 5.41) is 0. The Balaban J connectivity index is 2.43. The Hall–Kier alpha value is -0.300. The molecule has 0 aliphatic heterocycles. The maximum absolute atomic E-state index is 5.84. The number of hydrogen-bond acceptors (Lipinski definition) is 1. The van der Waals surface area contributed by atoms with E-state index in [-0.39, 0.29) is 0 Å². The molecule has 0 saturated heterocycles. The van der Waals surface area contributed by atoms with Gasteiger partial charge in [-0.2, -0.15) is 0 Å². The first kappa shape index (κ1) is 6.81. The average Bonchev–Trinajstić information content (AvgIpc) is 1.89. The van der Waals surface area contributed by atoms with Crippen molar-refractivity contribution in [2.24, 2.45) is 11.7 Å². The van der Waals surface area contributed by atoms with Crippen molar-refractivity contribution in [3.63, 3.8) is 0 Å². The molecule has 9 heavy (non-hydrogen) atoms. The van der Waals surface area contributed by atoms with E-state index in [4.69, 9.17) is 5.73 Å². The molecule has 0 aromatic heterocycles. The molecule has 1 aliphatic carbocycles. The number of nitrogens with two attached hydrogens (primary N) is 1. The predicted molar refractivity (Wildman–Crippen MR) is 40.1 cm³/mol. The van der Waals surface area contributed by atoms with Gasteiger partial charge in [0, 0.05) is 6.04 Å². The van der Waals surface area contributed by atoms with E-state index in [1.165, 1.54) is 12.8 Å². The second-order valence-corrected chi connectivity index (χ2v) is 2.77. The van der Waals surface area contributed by atoms with E-state index in [0.29, 0.717) is 6.04 Å². The van der Waals surface area contributed by atoms with Gasteiger partial charge in [0.15, 0.2) is 0 Å². The van der Waals surface area contributed by atoms with Crippen LogP contribution in [0.5, 0.6) is 0 Å². The molecule has 0 aromatic rings. The van der Waals surface area contributed by atoms with Crippen LogP contribution in [0.3, 0.4) is 0 Å². The summed E-state index contributed by atoms with van der Waals surface area (Å²) in [6, 6.07) is 0.431. The van der Waals surface area contributed by atoms with Gasteiger partial charge in [-0.25, -0.2) is 0 Å². The summed E-state index contributed by atoms with van der Waals surface area (Å²) in [6.45, 7) is 2.21. The van der Waals surface area contributed by atoms with E-state index in [2.05, 4.69) is 19.1 Å². The van der Waals surface area contributed by atoms with Gasteiger partial charge in [0.2, 0.25) is 0 Å². The number of hydrogen-bond donors (Lipinski definition) is 1. The molecular formula is C8H15N. The first-order valence-electron chi connectivity index (χ1n) is 3.75. The molecule has 0 bridgehead atoms. The Morgan fingerprint density at radius 1 is 1.44 bits per heavy atom. The standard InChI is InChI=1S/C8H15N/c1-2-7-5-3-4-6-8(7)9/h3-4,7-8H,2,5-6,9H2,1H3/t7-,8+/m1/s1. The highest BCUT2D eigenvalue weighted by Crippen LogP contribution is 2.19. The van der Waals surface area contributed by atoms with Crippen molar-refractivity contribution >= 4 is 0 Å². The third-order valence-corrected chi connectivity index (χ3v) is 2.14. The molecule has 0 radical (unpaired) electrons. The number of allylic oxidation sites excluding steroid dienone is 1. The zero-order valence-electron chi connectivity index (χ0n) is 6.01. The Bertz CT molecular complexity index is 107. The van der Waals surface area contributed by atoms with Crippen molar-refractivity contribution in [3.05, 3.63) is 12.2 Å². The second kappa shape index (κ2) is 3.02. The minimum absolute atomic E-state index is 0.431. The van der Waals surface area contributed by atoms with E-state index in [1.54, 1.807) is 0 Å². The van der Waals surface area contributed by atoms with Gasteiger partial charge in [-0.15, -0.1) is 0 Å². The van der Waals surface area contributed by atoms with E-state index < -0.39 is 0 Å². The summed E-state index contributed by atoms with van der Waals surface area (Å²) < 4.78 is 0. The van der Waals surface area contributed by atoms with Crippen molar-refractivity contribution in [1.82, 2.24) is 0 Å². The van der Waals surface area contributed by atoms with E-state index in [9.17, 15) is 0 Å². The van der Waals surface area contributed by atoms with Gasteiger partial charge in [-0.1, -0.05) is 25.5 Å². The molecule has 0 saturated carbocycles. The molecule has 2 atom stereocenters. The third-order valence-electron chi connectivity index (χ3n) is 2.14. The minimum Gasteiger partial charge on any atom is -0.327 e. The average molecular weight is 125 g/mol. The van der Waals surface area contributed by atoms with Gasteiger partial charge in [0.05, 0.1) is 0 Å². The van der Waals surface area contributed by atoms with Crippen molar-refractivity contribution in [2.75, 3.05) is 0 Å². The molecule has 0 unspecified atom stereocenters. The Morgan fingerprint density at radius 2 is 2.11 bits per heavy atom. The lowest BCUT2D eigenvalue weighted by molar-refractivity contribution is 0.399. The molecule has 0 fully saturated rings. The fourth-order valence-corrected chi connectivity index (χ4v) is 1.36. The van der Waals surface area contributed by atoms with Crippen molar-refractivity contribution in [3.8, 4) is 0 Å². The first-order chi connectivity index (χ1) is 4.34. The summed E-state index contributed by atoms with van der Waals surface area (Å²) in [6.07, 6.45) is 7.94. The summed E-state index contributed by atoms with van der Waals surface area (Å²) >= 11 is 0. The van der Waals surface area contributed by atoms with Crippen LogP contribution in [0.2, 0.25) is 0 Å². The molecule has 1 aliphatic rings. The molecular weight excluding hydrogens is 110 g/mol. The lowest BCUT2D eigenvalue weighted by Crippen LogP contribution is -2.30. The maximum atomic E-state index is 5.84. The third kappa shape index (κ3) is 1.55. The summed E-state index contributed by atoms with van der Waals surface area (Å²) in [5.41, 5.74) is 5.84. The van der Waals surface area contributed by atoms with Gasteiger partial charge < -0.3 is 5.73 Å². The molecule has 0 spiro atoms. The molecule has 1 rings (SSSR count). The van der Waals surface area contributed by atoms with Crippen molar-refractivity contribution in [1.29, 1.82) is 0 Å². The van der Waals surface area contributed by atoms with Crippen LogP contribution in [0.25, 0.3) is 0 Å². The van der Waals surface area contributed by atoms with Crippen molar-refractivity contribution < 1.29 is 0 Å². The fraction of sp³-hybridized carbons (Fsp3) is 0.750. The molecule has 0 amide bonds. The smallest absolute Gasteiger partial charge is 0.0105 e. The lowest BCUT2D eigenvalue weighted by Gasteiger charge is -2.23. The monoisotopic (exact) mass is 125 g/mol. The van der Waals surface area contributed by atoms with Crippen LogP contribution in [0.1, 0.15) is 26.2 Å². The second-order valence-electron chi connectivity index (χ2n) is 2.77. The SMILES string of the molecule is CC[C@@H]1CC=CC[C@@H]1N. The summed E-state index contributed by atoms with van der Waals surface area (Å²) in [7, 11) is 0. The van der Waals surface area contributed by atoms with Crippen molar-refractivity contribution in [2.45, 2.75) is 32.2 Å². The quantitative estimate of drug-likeness (QED) is 0.530. The van der Waals surface area contributed by atoms with Gasteiger partial charge in [0.1, 0.15) is 0 Å². The van der Waals surface area contributed by atoms with Crippen LogP contribution in [-0.2, 0) is 0 Å². The van der Waals surface area contributed by atoms with E-state index in [1.807, 2.05) is 0 Å². The minimum atomic E-state index is 0.431. The van der Waals surface area contributed by atoms with Crippen LogP contribution in [-0.4, -0.2) is 6.04 Å². The van der Waals surface area contributed by atoms with Gasteiger partial charge in [-0.05, 0) is 18.8 Å². The summed E-state index contributed by atoms with van der Waals surface area (Å²) in [4.78, 5) is 0. The van der Waals surface area contributed by atoms with Gasteiger partial charge >= 0.3 is 0 Å². The van der Waals surface area contributed by atoms with Crippen LogP contribution >= 0.6 is 0 Å². The fourth-order valence-electron chi connectivity index (χ4n) is 1.36. The Morgan fingerprint density at radius 3 is 2.56 bits per heavy atom. The molecule has 52 valence electrons. The zero-order chi connectivity index (χ0) is 6.69. The molecule has 0 heterocycles. The first-order valence-corrected chi connectivity index (χ1v) is 3.75.